The number of likely N-dealkylation sites (N-methyl/N-ethyl adjacent to an activating group) is 1. The molecule has 1 N–H and O–H groups in total. The lowest BCUT2D eigenvalue weighted by Gasteiger charge is -2.34. The van der Waals surface area contributed by atoms with Crippen molar-refractivity contribution in [2.24, 2.45) is 5.92 Å². The van der Waals surface area contributed by atoms with Crippen LogP contribution in [0, 0.1) is 5.92 Å². The van der Waals surface area contributed by atoms with Crippen molar-refractivity contribution in [2.45, 2.75) is 31.9 Å². The van der Waals surface area contributed by atoms with Crippen molar-refractivity contribution in [3.63, 3.8) is 0 Å². The Morgan fingerprint density at radius 3 is 2.90 bits per heavy atom. The Hall–Kier alpha value is -1.81. The summed E-state index contributed by atoms with van der Waals surface area (Å²) in [5.41, 5.74) is 3.48. The van der Waals surface area contributed by atoms with Crippen LogP contribution in [0.3, 0.4) is 0 Å². The van der Waals surface area contributed by atoms with E-state index in [4.69, 9.17) is 4.74 Å². The number of esters is 1. The standard InChI is InChI=1S/C17H20N2O2/c1-19-10-9-13-12-7-2-3-8-14(12)18-15(13)16(19)21-17(20)11-5-4-6-11/h2-3,7-8,11,16,18H,4-6,9-10H2,1H3. The summed E-state index contributed by atoms with van der Waals surface area (Å²) in [6.45, 7) is 0.914. The molecule has 0 bridgehead atoms. The Balaban J connectivity index is 1.69. The van der Waals surface area contributed by atoms with Gasteiger partial charge in [0.15, 0.2) is 6.23 Å². The third kappa shape index (κ3) is 2.05. The minimum atomic E-state index is -0.269. The van der Waals surface area contributed by atoms with Crippen molar-refractivity contribution in [2.75, 3.05) is 13.6 Å². The first-order valence-electron chi connectivity index (χ1n) is 7.74. The molecule has 2 aromatic rings. The van der Waals surface area contributed by atoms with Gasteiger partial charge in [0.2, 0.25) is 0 Å². The van der Waals surface area contributed by atoms with Gasteiger partial charge in [-0.05, 0) is 37.9 Å². The molecule has 1 aliphatic carbocycles. The van der Waals surface area contributed by atoms with Crippen molar-refractivity contribution in [3.8, 4) is 0 Å². The minimum absolute atomic E-state index is 0.0374. The summed E-state index contributed by atoms with van der Waals surface area (Å²) in [7, 11) is 2.02. The van der Waals surface area contributed by atoms with E-state index in [-0.39, 0.29) is 18.1 Å². The number of aromatic amines is 1. The fourth-order valence-corrected chi connectivity index (χ4v) is 3.33. The van der Waals surface area contributed by atoms with Gasteiger partial charge >= 0.3 is 5.97 Å². The molecule has 0 saturated heterocycles. The second-order valence-electron chi connectivity index (χ2n) is 6.21. The van der Waals surface area contributed by atoms with Gasteiger partial charge in [0, 0.05) is 17.4 Å². The van der Waals surface area contributed by atoms with Gasteiger partial charge in [0.25, 0.3) is 0 Å². The number of hydrogen-bond donors (Lipinski definition) is 1. The molecule has 2 aliphatic rings. The molecule has 1 unspecified atom stereocenters. The van der Waals surface area contributed by atoms with Crippen molar-refractivity contribution >= 4 is 16.9 Å². The largest absolute Gasteiger partial charge is 0.440 e. The van der Waals surface area contributed by atoms with Gasteiger partial charge < -0.3 is 9.72 Å². The third-order valence-electron chi connectivity index (χ3n) is 4.87. The number of para-hydroxylation sites is 1. The van der Waals surface area contributed by atoms with Crippen LogP contribution in [0.4, 0.5) is 0 Å². The molecule has 1 aromatic heterocycles. The van der Waals surface area contributed by atoms with E-state index >= 15 is 0 Å². The molecule has 0 spiro atoms. The summed E-state index contributed by atoms with van der Waals surface area (Å²) in [4.78, 5) is 17.8. The molecule has 0 amide bonds. The number of carbonyl (C=O) groups excluding carboxylic acids is 1. The summed E-state index contributed by atoms with van der Waals surface area (Å²) in [6.07, 6.45) is 3.84. The predicted octanol–water partition coefficient (Wildman–Crippen LogP) is 3.00. The third-order valence-corrected chi connectivity index (χ3v) is 4.87. The highest BCUT2D eigenvalue weighted by molar-refractivity contribution is 5.85. The number of carbonyl (C=O) groups is 1. The summed E-state index contributed by atoms with van der Waals surface area (Å²) < 4.78 is 5.82. The molecule has 4 heteroatoms. The van der Waals surface area contributed by atoms with Crippen molar-refractivity contribution < 1.29 is 9.53 Å². The van der Waals surface area contributed by atoms with E-state index in [2.05, 4.69) is 28.1 Å². The smallest absolute Gasteiger partial charge is 0.310 e. The average molecular weight is 284 g/mol. The van der Waals surface area contributed by atoms with Gasteiger partial charge in [-0.1, -0.05) is 24.6 Å². The van der Waals surface area contributed by atoms with Gasteiger partial charge in [0.05, 0.1) is 11.6 Å². The molecule has 21 heavy (non-hydrogen) atoms. The van der Waals surface area contributed by atoms with E-state index in [0.29, 0.717) is 0 Å². The number of hydrogen-bond acceptors (Lipinski definition) is 3. The predicted molar refractivity (Wildman–Crippen MR) is 80.8 cm³/mol. The SMILES string of the molecule is CN1CCc2c([nH]c3ccccc23)C1OC(=O)C1CCC1. The van der Waals surface area contributed by atoms with Gasteiger partial charge in [-0.2, -0.15) is 0 Å². The lowest BCUT2D eigenvalue weighted by atomic mass is 9.86. The summed E-state index contributed by atoms with van der Waals surface area (Å²) in [6, 6.07) is 8.31. The Morgan fingerprint density at radius 2 is 2.14 bits per heavy atom. The number of nitrogens with one attached hydrogen (secondary N) is 1. The fourth-order valence-electron chi connectivity index (χ4n) is 3.33. The normalized spacial score (nSPS) is 22.8. The zero-order valence-corrected chi connectivity index (χ0v) is 12.3. The minimum Gasteiger partial charge on any atom is -0.440 e. The number of H-pyrrole nitrogens is 1. The van der Waals surface area contributed by atoms with E-state index in [1.54, 1.807) is 0 Å². The topological polar surface area (TPSA) is 45.3 Å². The number of rotatable bonds is 2. The van der Waals surface area contributed by atoms with E-state index in [9.17, 15) is 4.79 Å². The Labute approximate surface area is 124 Å². The van der Waals surface area contributed by atoms with Gasteiger partial charge in [-0.15, -0.1) is 0 Å². The number of benzene rings is 1. The van der Waals surface area contributed by atoms with Crippen molar-refractivity contribution in [1.82, 2.24) is 9.88 Å². The number of fused-ring (bicyclic) bond motifs is 3. The van der Waals surface area contributed by atoms with Crippen molar-refractivity contribution in [1.29, 1.82) is 0 Å². The lowest BCUT2D eigenvalue weighted by molar-refractivity contribution is -0.168. The molecule has 4 rings (SSSR count). The van der Waals surface area contributed by atoms with Crippen LogP contribution >= 0.6 is 0 Å². The van der Waals surface area contributed by atoms with Crippen LogP contribution in [-0.2, 0) is 16.0 Å². The maximum absolute atomic E-state index is 12.2. The quantitative estimate of drug-likeness (QED) is 0.862. The summed E-state index contributed by atoms with van der Waals surface area (Å²) in [5.74, 6) is 0.0813. The number of nitrogens with zero attached hydrogens (tertiary/aromatic N) is 1. The van der Waals surface area contributed by atoms with Crippen LogP contribution in [0.15, 0.2) is 24.3 Å². The number of aromatic nitrogens is 1. The monoisotopic (exact) mass is 284 g/mol. The second-order valence-corrected chi connectivity index (χ2v) is 6.21. The van der Waals surface area contributed by atoms with E-state index in [1.165, 1.54) is 10.9 Å². The van der Waals surface area contributed by atoms with Gasteiger partial charge in [0.1, 0.15) is 0 Å². The highest BCUT2D eigenvalue weighted by Crippen LogP contribution is 2.36. The molecule has 1 fully saturated rings. The first-order chi connectivity index (χ1) is 10.2. The van der Waals surface area contributed by atoms with Crippen LogP contribution in [0.25, 0.3) is 10.9 Å². The maximum atomic E-state index is 12.2. The highest BCUT2D eigenvalue weighted by Gasteiger charge is 2.34. The molecule has 1 aliphatic heterocycles. The molecule has 110 valence electrons. The molecule has 1 atom stereocenters. The Morgan fingerprint density at radius 1 is 1.33 bits per heavy atom. The van der Waals surface area contributed by atoms with Crippen LogP contribution in [0.2, 0.25) is 0 Å². The van der Waals surface area contributed by atoms with Gasteiger partial charge in [-0.3, -0.25) is 9.69 Å². The first kappa shape index (κ1) is 12.9. The summed E-state index contributed by atoms with van der Waals surface area (Å²) in [5, 5.41) is 1.25. The van der Waals surface area contributed by atoms with E-state index in [0.717, 1.165) is 43.4 Å². The van der Waals surface area contributed by atoms with Crippen LogP contribution in [0.5, 0.6) is 0 Å². The molecular weight excluding hydrogens is 264 g/mol. The molecule has 4 nitrogen and oxygen atoms in total. The Bertz CT molecular complexity index is 687. The molecule has 2 heterocycles. The molecular formula is C17H20N2O2. The molecule has 0 radical (unpaired) electrons. The lowest BCUT2D eigenvalue weighted by Crippen LogP contribution is -2.37. The van der Waals surface area contributed by atoms with Crippen molar-refractivity contribution in [3.05, 3.63) is 35.5 Å². The van der Waals surface area contributed by atoms with Crippen LogP contribution in [-0.4, -0.2) is 29.4 Å². The Kier molecular flexibility index (Phi) is 3.00. The maximum Gasteiger partial charge on any atom is 0.310 e. The van der Waals surface area contributed by atoms with Gasteiger partial charge in [-0.25, -0.2) is 0 Å². The first-order valence-corrected chi connectivity index (χ1v) is 7.74. The highest BCUT2D eigenvalue weighted by atomic mass is 16.6. The molecule has 1 saturated carbocycles. The summed E-state index contributed by atoms with van der Waals surface area (Å²) >= 11 is 0. The average Bonchev–Trinajstić information content (AvgIpc) is 2.79. The van der Waals surface area contributed by atoms with Crippen LogP contribution in [0.1, 0.15) is 36.7 Å². The zero-order chi connectivity index (χ0) is 14.4. The second kappa shape index (κ2) is 4.88. The number of ether oxygens (including phenoxy) is 1. The zero-order valence-electron chi connectivity index (χ0n) is 12.3. The van der Waals surface area contributed by atoms with E-state index in [1.807, 2.05) is 13.1 Å². The van der Waals surface area contributed by atoms with Crippen LogP contribution < -0.4 is 0 Å². The van der Waals surface area contributed by atoms with E-state index < -0.39 is 0 Å². The fraction of sp³-hybridized carbons (Fsp3) is 0.471. The molecule has 1 aromatic carbocycles.